The van der Waals surface area contributed by atoms with E-state index in [4.69, 9.17) is 0 Å². The minimum atomic E-state index is -2.85. The molecule has 1 aliphatic rings. The van der Waals surface area contributed by atoms with Crippen molar-refractivity contribution in [2.75, 3.05) is 11.5 Å². The van der Waals surface area contributed by atoms with Crippen molar-refractivity contribution in [3.05, 3.63) is 35.4 Å². The van der Waals surface area contributed by atoms with Crippen molar-refractivity contribution in [2.24, 2.45) is 5.92 Å². The Labute approximate surface area is 108 Å². The van der Waals surface area contributed by atoms with E-state index in [-0.39, 0.29) is 17.5 Å². The molecule has 1 unspecified atom stereocenters. The Morgan fingerprint density at radius 2 is 2.17 bits per heavy atom. The summed E-state index contributed by atoms with van der Waals surface area (Å²) in [5.74, 6) is 0.868. The van der Waals surface area contributed by atoms with E-state index in [9.17, 15) is 13.2 Å². The molecule has 4 heteroatoms. The van der Waals surface area contributed by atoms with Gasteiger partial charge in [0.2, 0.25) is 0 Å². The number of carbonyl (C=O) groups excluding carboxylic acids is 1. The van der Waals surface area contributed by atoms with Crippen LogP contribution in [-0.2, 0) is 16.3 Å². The smallest absolute Gasteiger partial charge is 0.159 e. The second-order valence-electron chi connectivity index (χ2n) is 5.08. The lowest BCUT2D eigenvalue weighted by Gasteiger charge is -2.21. The van der Waals surface area contributed by atoms with E-state index in [0.717, 1.165) is 24.8 Å². The van der Waals surface area contributed by atoms with Crippen LogP contribution in [-0.4, -0.2) is 25.7 Å². The van der Waals surface area contributed by atoms with E-state index in [1.54, 1.807) is 13.0 Å². The molecule has 0 radical (unpaired) electrons. The molecule has 1 saturated heterocycles. The molecule has 1 aromatic rings. The summed E-state index contributed by atoms with van der Waals surface area (Å²) >= 11 is 0. The van der Waals surface area contributed by atoms with Gasteiger partial charge in [-0.3, -0.25) is 4.79 Å². The highest BCUT2D eigenvalue weighted by Gasteiger charge is 2.24. The molecule has 0 aromatic heterocycles. The first-order valence-electron chi connectivity index (χ1n) is 6.26. The Balaban J connectivity index is 2.09. The van der Waals surface area contributed by atoms with Gasteiger partial charge in [-0.05, 0) is 43.7 Å². The quantitative estimate of drug-likeness (QED) is 0.788. The average Bonchev–Trinajstić information content (AvgIpc) is 2.28. The predicted octanol–water partition coefficient (Wildman–Crippen LogP) is 2.26. The number of carbonyl (C=O) groups is 1. The van der Waals surface area contributed by atoms with Gasteiger partial charge in [0.15, 0.2) is 15.6 Å². The lowest BCUT2D eigenvalue weighted by Crippen LogP contribution is -2.26. The number of sulfone groups is 1. The maximum Gasteiger partial charge on any atom is 0.159 e. The first-order chi connectivity index (χ1) is 8.46. The van der Waals surface area contributed by atoms with Crippen LogP contribution in [0.5, 0.6) is 0 Å². The maximum absolute atomic E-state index is 11.6. The second-order valence-corrected chi connectivity index (χ2v) is 7.31. The third kappa shape index (κ3) is 3.42. The Kier molecular flexibility index (Phi) is 3.85. The van der Waals surface area contributed by atoms with Crippen LogP contribution < -0.4 is 0 Å². The fourth-order valence-electron chi connectivity index (χ4n) is 2.53. The second kappa shape index (κ2) is 5.22. The zero-order valence-electron chi connectivity index (χ0n) is 10.6. The zero-order valence-corrected chi connectivity index (χ0v) is 11.4. The highest BCUT2D eigenvalue weighted by Crippen LogP contribution is 2.22. The van der Waals surface area contributed by atoms with Crippen molar-refractivity contribution >= 4 is 15.6 Å². The van der Waals surface area contributed by atoms with Crippen LogP contribution in [0.2, 0.25) is 0 Å². The predicted molar refractivity (Wildman–Crippen MR) is 71.5 cm³/mol. The van der Waals surface area contributed by atoms with Gasteiger partial charge in [-0.2, -0.15) is 0 Å². The average molecular weight is 266 g/mol. The molecule has 2 rings (SSSR count). The molecule has 1 aliphatic heterocycles. The standard InChI is InChI=1S/C14H18O3S/c1-11(15)14-6-2-4-12(9-14)8-13-5-3-7-18(16,17)10-13/h2,4,6,9,13H,3,5,7-8,10H2,1H3. The van der Waals surface area contributed by atoms with Crippen LogP contribution in [0.3, 0.4) is 0 Å². The highest BCUT2D eigenvalue weighted by molar-refractivity contribution is 7.91. The fourth-order valence-corrected chi connectivity index (χ4v) is 4.31. The first kappa shape index (κ1) is 13.3. The highest BCUT2D eigenvalue weighted by atomic mass is 32.2. The van der Waals surface area contributed by atoms with E-state index in [0.29, 0.717) is 11.3 Å². The summed E-state index contributed by atoms with van der Waals surface area (Å²) in [5.41, 5.74) is 1.76. The van der Waals surface area contributed by atoms with Crippen LogP contribution in [0.4, 0.5) is 0 Å². The fraction of sp³-hybridized carbons (Fsp3) is 0.500. The molecular weight excluding hydrogens is 248 g/mol. The molecule has 1 atom stereocenters. The van der Waals surface area contributed by atoms with Gasteiger partial charge >= 0.3 is 0 Å². The minimum Gasteiger partial charge on any atom is -0.295 e. The Bertz CT molecular complexity index is 546. The SMILES string of the molecule is CC(=O)c1cccc(CC2CCCS(=O)(=O)C2)c1. The van der Waals surface area contributed by atoms with Crippen molar-refractivity contribution in [2.45, 2.75) is 26.2 Å². The number of rotatable bonds is 3. The van der Waals surface area contributed by atoms with Gasteiger partial charge in [-0.25, -0.2) is 8.42 Å². The monoisotopic (exact) mass is 266 g/mol. The molecule has 0 spiro atoms. The summed E-state index contributed by atoms with van der Waals surface area (Å²) in [5, 5.41) is 0. The van der Waals surface area contributed by atoms with Crippen LogP contribution in [0.1, 0.15) is 35.7 Å². The Morgan fingerprint density at radius 3 is 2.83 bits per heavy atom. The number of benzene rings is 1. The summed E-state index contributed by atoms with van der Waals surface area (Å²) in [6, 6.07) is 7.50. The normalized spacial score (nSPS) is 22.6. The van der Waals surface area contributed by atoms with Gasteiger partial charge in [0.05, 0.1) is 11.5 Å². The van der Waals surface area contributed by atoms with Crippen LogP contribution >= 0.6 is 0 Å². The summed E-state index contributed by atoms with van der Waals surface area (Å²) in [6.45, 7) is 1.55. The van der Waals surface area contributed by atoms with Crippen LogP contribution in [0.25, 0.3) is 0 Å². The molecule has 98 valence electrons. The van der Waals surface area contributed by atoms with Gasteiger partial charge < -0.3 is 0 Å². The molecule has 1 heterocycles. The van der Waals surface area contributed by atoms with E-state index in [1.807, 2.05) is 18.2 Å². The topological polar surface area (TPSA) is 51.2 Å². The summed E-state index contributed by atoms with van der Waals surface area (Å²) < 4.78 is 23.1. The molecule has 0 bridgehead atoms. The van der Waals surface area contributed by atoms with Crippen LogP contribution in [0.15, 0.2) is 24.3 Å². The van der Waals surface area contributed by atoms with Gasteiger partial charge in [0, 0.05) is 5.56 Å². The third-order valence-corrected chi connectivity index (χ3v) is 5.31. The summed E-state index contributed by atoms with van der Waals surface area (Å²) in [7, 11) is -2.85. The summed E-state index contributed by atoms with van der Waals surface area (Å²) in [4.78, 5) is 11.3. The Morgan fingerprint density at radius 1 is 1.39 bits per heavy atom. The maximum atomic E-state index is 11.6. The van der Waals surface area contributed by atoms with Gasteiger partial charge in [0.25, 0.3) is 0 Å². The molecule has 0 saturated carbocycles. The summed E-state index contributed by atoms with van der Waals surface area (Å²) in [6.07, 6.45) is 2.48. The van der Waals surface area contributed by atoms with Crippen LogP contribution in [0, 0.1) is 5.92 Å². The van der Waals surface area contributed by atoms with Gasteiger partial charge in [-0.15, -0.1) is 0 Å². The molecule has 1 fully saturated rings. The van der Waals surface area contributed by atoms with Gasteiger partial charge in [-0.1, -0.05) is 18.2 Å². The largest absolute Gasteiger partial charge is 0.295 e. The number of hydrogen-bond donors (Lipinski definition) is 0. The van der Waals surface area contributed by atoms with Crippen molar-refractivity contribution < 1.29 is 13.2 Å². The van der Waals surface area contributed by atoms with Crippen molar-refractivity contribution in [3.8, 4) is 0 Å². The molecule has 0 aliphatic carbocycles. The zero-order chi connectivity index (χ0) is 13.2. The third-order valence-electron chi connectivity index (χ3n) is 3.42. The van der Waals surface area contributed by atoms with E-state index in [1.165, 1.54) is 0 Å². The number of Topliss-reactive ketones (excluding diaryl/α,β-unsaturated/α-hetero) is 1. The lowest BCUT2D eigenvalue weighted by atomic mass is 9.95. The molecule has 18 heavy (non-hydrogen) atoms. The molecular formula is C14H18O3S. The molecule has 0 amide bonds. The van der Waals surface area contributed by atoms with Crippen molar-refractivity contribution in [3.63, 3.8) is 0 Å². The van der Waals surface area contributed by atoms with Crippen molar-refractivity contribution in [1.29, 1.82) is 0 Å². The molecule has 1 aromatic carbocycles. The Hall–Kier alpha value is -1.16. The van der Waals surface area contributed by atoms with Gasteiger partial charge in [0.1, 0.15) is 0 Å². The minimum absolute atomic E-state index is 0.0492. The van der Waals surface area contributed by atoms with E-state index >= 15 is 0 Å². The number of hydrogen-bond acceptors (Lipinski definition) is 3. The molecule has 3 nitrogen and oxygen atoms in total. The van der Waals surface area contributed by atoms with E-state index in [2.05, 4.69) is 0 Å². The van der Waals surface area contributed by atoms with Crippen molar-refractivity contribution in [1.82, 2.24) is 0 Å². The molecule has 0 N–H and O–H groups in total. The number of ketones is 1. The first-order valence-corrected chi connectivity index (χ1v) is 8.09. The lowest BCUT2D eigenvalue weighted by molar-refractivity contribution is 0.101. The van der Waals surface area contributed by atoms with E-state index < -0.39 is 9.84 Å².